The first-order chi connectivity index (χ1) is 15.5. The number of halogens is 1. The first-order valence-corrected chi connectivity index (χ1v) is 11.1. The van der Waals surface area contributed by atoms with E-state index in [1.54, 1.807) is 52.0 Å². The summed E-state index contributed by atoms with van der Waals surface area (Å²) in [6.07, 6.45) is -0.426. The molecule has 0 spiro atoms. The van der Waals surface area contributed by atoms with Crippen LogP contribution in [0.4, 0.5) is 4.79 Å². The van der Waals surface area contributed by atoms with Crippen LogP contribution < -0.4 is 5.32 Å². The highest BCUT2D eigenvalue weighted by atomic mass is 35.5. The fourth-order valence-electron chi connectivity index (χ4n) is 2.84. The van der Waals surface area contributed by atoms with Crippen molar-refractivity contribution < 1.29 is 23.9 Å². The second kappa shape index (κ2) is 11.7. The van der Waals surface area contributed by atoms with E-state index in [0.29, 0.717) is 5.02 Å². The van der Waals surface area contributed by atoms with Gasteiger partial charge in [-0.05, 0) is 51.0 Å². The summed E-state index contributed by atoms with van der Waals surface area (Å²) in [6, 6.07) is 14.4. The molecule has 178 valence electrons. The van der Waals surface area contributed by atoms with E-state index in [2.05, 4.69) is 5.32 Å². The van der Waals surface area contributed by atoms with Gasteiger partial charge < -0.3 is 14.8 Å². The zero-order valence-electron chi connectivity index (χ0n) is 19.6. The summed E-state index contributed by atoms with van der Waals surface area (Å²) in [6.45, 7) is 6.88. The Hall–Kier alpha value is -3.06. The van der Waals surface area contributed by atoms with Crippen LogP contribution in [0.1, 0.15) is 38.8 Å². The maximum absolute atomic E-state index is 12.9. The Kier molecular flexibility index (Phi) is 9.29. The van der Waals surface area contributed by atoms with Crippen molar-refractivity contribution in [1.82, 2.24) is 10.2 Å². The molecule has 0 fully saturated rings. The number of carbonyl (C=O) groups is 3. The molecule has 2 aromatic carbocycles. The van der Waals surface area contributed by atoms with E-state index in [1.165, 1.54) is 11.9 Å². The Bertz CT molecular complexity index is 942. The van der Waals surface area contributed by atoms with Crippen molar-refractivity contribution in [2.24, 2.45) is 0 Å². The highest BCUT2D eigenvalue weighted by molar-refractivity contribution is 6.30. The van der Waals surface area contributed by atoms with Crippen molar-refractivity contribution in [1.29, 1.82) is 0 Å². The zero-order valence-corrected chi connectivity index (χ0v) is 20.4. The van der Waals surface area contributed by atoms with Crippen LogP contribution in [0.5, 0.6) is 0 Å². The summed E-state index contributed by atoms with van der Waals surface area (Å²) in [5.41, 5.74) is 0.940. The second-order valence-electron chi connectivity index (χ2n) is 8.75. The van der Waals surface area contributed by atoms with Crippen LogP contribution in [0.25, 0.3) is 0 Å². The number of hydrogen-bond acceptors (Lipinski definition) is 5. The van der Waals surface area contributed by atoms with Gasteiger partial charge in [0, 0.05) is 18.5 Å². The number of ether oxygens (including phenoxy) is 2. The molecule has 2 aromatic rings. The van der Waals surface area contributed by atoms with E-state index in [0.717, 1.165) is 11.1 Å². The minimum Gasteiger partial charge on any atom is -0.459 e. The van der Waals surface area contributed by atoms with Gasteiger partial charge in [0.1, 0.15) is 24.3 Å². The predicted octanol–water partition coefficient (Wildman–Crippen LogP) is 4.37. The van der Waals surface area contributed by atoms with Crippen LogP contribution >= 0.6 is 11.6 Å². The topological polar surface area (TPSA) is 84.9 Å². The quantitative estimate of drug-likeness (QED) is 0.574. The van der Waals surface area contributed by atoms with E-state index in [9.17, 15) is 14.4 Å². The van der Waals surface area contributed by atoms with Crippen LogP contribution in [0, 0.1) is 0 Å². The molecule has 0 aromatic heterocycles. The molecule has 7 nitrogen and oxygen atoms in total. The van der Waals surface area contributed by atoms with Gasteiger partial charge in [-0.2, -0.15) is 0 Å². The Labute approximate surface area is 200 Å². The SMILES string of the molecule is C[C@H](C(=O)N[C@H](Cc1ccc(Cl)cc1)C(=O)OCc1ccccc1)N(C)C(=O)OC(C)(C)C. The Morgan fingerprint density at radius 2 is 1.61 bits per heavy atom. The lowest BCUT2D eigenvalue weighted by Crippen LogP contribution is -2.52. The normalized spacial score (nSPS) is 12.9. The Morgan fingerprint density at radius 1 is 1.00 bits per heavy atom. The molecule has 0 radical (unpaired) electrons. The van der Waals surface area contributed by atoms with Crippen molar-refractivity contribution in [2.75, 3.05) is 7.05 Å². The minimum absolute atomic E-state index is 0.0834. The molecule has 2 atom stereocenters. The highest BCUT2D eigenvalue weighted by Gasteiger charge is 2.30. The summed E-state index contributed by atoms with van der Waals surface area (Å²) in [7, 11) is 1.47. The molecule has 0 aliphatic carbocycles. The Balaban J connectivity index is 2.10. The summed E-state index contributed by atoms with van der Waals surface area (Å²) in [5, 5.41) is 3.29. The average molecular weight is 475 g/mol. The molecular formula is C25H31ClN2O5. The van der Waals surface area contributed by atoms with E-state index in [4.69, 9.17) is 21.1 Å². The van der Waals surface area contributed by atoms with E-state index in [-0.39, 0.29) is 13.0 Å². The van der Waals surface area contributed by atoms with Gasteiger partial charge in [-0.1, -0.05) is 54.1 Å². The number of hydrogen-bond donors (Lipinski definition) is 1. The zero-order chi connectivity index (χ0) is 24.6. The fraction of sp³-hybridized carbons (Fsp3) is 0.400. The number of benzene rings is 2. The van der Waals surface area contributed by atoms with Gasteiger partial charge in [-0.25, -0.2) is 9.59 Å². The van der Waals surface area contributed by atoms with E-state index < -0.39 is 35.7 Å². The molecule has 0 aliphatic heterocycles. The number of esters is 1. The van der Waals surface area contributed by atoms with Gasteiger partial charge in [0.05, 0.1) is 0 Å². The molecule has 0 heterocycles. The number of nitrogens with one attached hydrogen (secondary N) is 1. The van der Waals surface area contributed by atoms with Gasteiger partial charge in [0.25, 0.3) is 0 Å². The average Bonchev–Trinajstić information content (AvgIpc) is 2.76. The summed E-state index contributed by atoms with van der Waals surface area (Å²) in [4.78, 5) is 39.3. The van der Waals surface area contributed by atoms with Gasteiger partial charge in [0.2, 0.25) is 5.91 Å². The van der Waals surface area contributed by atoms with Crippen LogP contribution in [-0.2, 0) is 32.1 Å². The molecule has 1 N–H and O–H groups in total. The number of rotatable bonds is 8. The smallest absolute Gasteiger partial charge is 0.410 e. The lowest BCUT2D eigenvalue weighted by molar-refractivity contribution is -0.149. The van der Waals surface area contributed by atoms with Crippen LogP contribution in [0.3, 0.4) is 0 Å². The lowest BCUT2D eigenvalue weighted by atomic mass is 10.1. The first-order valence-electron chi connectivity index (χ1n) is 10.7. The van der Waals surface area contributed by atoms with Crippen molar-refractivity contribution in [3.63, 3.8) is 0 Å². The summed E-state index contributed by atoms with van der Waals surface area (Å²) in [5.74, 6) is -1.08. The fourth-order valence-corrected chi connectivity index (χ4v) is 2.97. The van der Waals surface area contributed by atoms with Gasteiger partial charge in [-0.15, -0.1) is 0 Å². The monoisotopic (exact) mass is 474 g/mol. The number of amides is 2. The highest BCUT2D eigenvalue weighted by Crippen LogP contribution is 2.14. The number of likely N-dealkylation sites (N-methyl/N-ethyl adjacent to an activating group) is 1. The third kappa shape index (κ3) is 8.77. The minimum atomic E-state index is -0.947. The predicted molar refractivity (Wildman–Crippen MR) is 127 cm³/mol. The molecule has 33 heavy (non-hydrogen) atoms. The van der Waals surface area contributed by atoms with Crippen molar-refractivity contribution in [2.45, 2.75) is 58.4 Å². The number of carbonyl (C=O) groups excluding carboxylic acids is 3. The third-order valence-corrected chi connectivity index (χ3v) is 5.07. The molecule has 8 heteroatoms. The molecule has 2 amide bonds. The standard InChI is InChI=1S/C25H31ClN2O5/c1-17(28(5)24(31)33-25(2,3)4)22(29)27-21(15-18-11-13-20(26)14-12-18)23(30)32-16-19-9-7-6-8-10-19/h6-14,17,21H,15-16H2,1-5H3,(H,27,29)/t17-,21-/m1/s1. The summed E-state index contributed by atoms with van der Waals surface area (Å²) < 4.78 is 10.8. The van der Waals surface area contributed by atoms with E-state index in [1.807, 2.05) is 30.3 Å². The molecule has 0 saturated heterocycles. The molecule has 0 saturated carbocycles. The van der Waals surface area contributed by atoms with Crippen molar-refractivity contribution >= 4 is 29.6 Å². The van der Waals surface area contributed by atoms with Crippen LogP contribution in [0.15, 0.2) is 54.6 Å². The first kappa shape index (κ1) is 26.2. The molecule has 0 unspecified atom stereocenters. The molecule has 0 aliphatic rings. The maximum atomic E-state index is 12.9. The van der Waals surface area contributed by atoms with Crippen LogP contribution in [0.2, 0.25) is 5.02 Å². The van der Waals surface area contributed by atoms with Crippen LogP contribution in [-0.4, -0.2) is 47.6 Å². The third-order valence-electron chi connectivity index (χ3n) is 4.82. The van der Waals surface area contributed by atoms with Crippen molar-refractivity contribution in [3.8, 4) is 0 Å². The summed E-state index contributed by atoms with van der Waals surface area (Å²) >= 11 is 5.95. The van der Waals surface area contributed by atoms with Gasteiger partial charge in [-0.3, -0.25) is 9.69 Å². The van der Waals surface area contributed by atoms with Gasteiger partial charge in [0.15, 0.2) is 0 Å². The molecule has 2 rings (SSSR count). The van der Waals surface area contributed by atoms with Crippen molar-refractivity contribution in [3.05, 3.63) is 70.7 Å². The Morgan fingerprint density at radius 3 is 2.18 bits per heavy atom. The lowest BCUT2D eigenvalue weighted by Gasteiger charge is -2.29. The largest absolute Gasteiger partial charge is 0.459 e. The number of nitrogens with zero attached hydrogens (tertiary/aromatic N) is 1. The molecule has 0 bridgehead atoms. The van der Waals surface area contributed by atoms with E-state index >= 15 is 0 Å². The maximum Gasteiger partial charge on any atom is 0.410 e. The molecular weight excluding hydrogens is 444 g/mol. The second-order valence-corrected chi connectivity index (χ2v) is 9.19. The van der Waals surface area contributed by atoms with Gasteiger partial charge >= 0.3 is 12.1 Å².